The number of carbonyl (C=O) groups excluding carboxylic acids is 1. The first-order valence-electron chi connectivity index (χ1n) is 7.01. The number of benzene rings is 3. The summed E-state index contributed by atoms with van der Waals surface area (Å²) in [7, 11) is 1.40. The largest absolute Gasteiger partial charge is 1.00 e. The van der Waals surface area contributed by atoms with Crippen LogP contribution in [-0.2, 0) is 16.0 Å². The molecule has 0 radical (unpaired) electrons. The Labute approximate surface area is 135 Å². The van der Waals surface area contributed by atoms with E-state index in [4.69, 9.17) is 4.74 Å². The molecule has 1 atom stereocenters. The number of quaternary nitrogens is 1. The summed E-state index contributed by atoms with van der Waals surface area (Å²) >= 11 is 0. The number of esters is 1. The number of fused-ring (bicyclic) bond motifs is 2. The molecule has 0 amide bonds. The summed E-state index contributed by atoms with van der Waals surface area (Å²) in [5.74, 6) is -0.271. The lowest BCUT2D eigenvalue weighted by atomic mass is 9.93. The van der Waals surface area contributed by atoms with Crippen molar-refractivity contribution in [3.05, 3.63) is 60.2 Å². The second-order valence-corrected chi connectivity index (χ2v) is 5.22. The Morgan fingerprint density at radius 2 is 1.55 bits per heavy atom. The highest BCUT2D eigenvalue weighted by molar-refractivity contribution is 6.02. The van der Waals surface area contributed by atoms with Gasteiger partial charge in [-0.25, -0.2) is 4.79 Å². The Kier molecular flexibility index (Phi) is 5.01. The second-order valence-electron chi connectivity index (χ2n) is 5.22. The molecule has 0 aliphatic carbocycles. The van der Waals surface area contributed by atoms with Gasteiger partial charge in [0.2, 0.25) is 0 Å². The van der Waals surface area contributed by atoms with Gasteiger partial charge in [-0.1, -0.05) is 48.5 Å². The molecule has 3 aromatic rings. The third kappa shape index (κ3) is 2.91. The van der Waals surface area contributed by atoms with Gasteiger partial charge in [0.1, 0.15) is 0 Å². The van der Waals surface area contributed by atoms with Crippen LogP contribution in [0.3, 0.4) is 0 Å². The number of rotatable bonds is 3. The van der Waals surface area contributed by atoms with Gasteiger partial charge < -0.3 is 22.9 Å². The summed E-state index contributed by atoms with van der Waals surface area (Å²) in [6.07, 6.45) is 0.578. The van der Waals surface area contributed by atoms with Crippen LogP contribution in [0.25, 0.3) is 21.5 Å². The maximum absolute atomic E-state index is 11.7. The molecule has 0 aromatic heterocycles. The van der Waals surface area contributed by atoms with E-state index < -0.39 is 6.04 Å². The Morgan fingerprint density at radius 1 is 1.05 bits per heavy atom. The predicted molar refractivity (Wildman–Crippen MR) is 83.9 cm³/mol. The molecule has 4 heteroatoms. The van der Waals surface area contributed by atoms with E-state index >= 15 is 0 Å². The third-order valence-corrected chi connectivity index (χ3v) is 3.87. The van der Waals surface area contributed by atoms with Crippen LogP contribution in [0.4, 0.5) is 0 Å². The van der Waals surface area contributed by atoms with Gasteiger partial charge in [0.25, 0.3) is 0 Å². The number of ether oxygens (including phenoxy) is 1. The van der Waals surface area contributed by atoms with E-state index in [2.05, 4.69) is 36.1 Å². The number of carbonyl (C=O) groups is 1. The molecule has 3 N–H and O–H groups in total. The van der Waals surface area contributed by atoms with Crippen LogP contribution in [0, 0.1) is 0 Å². The van der Waals surface area contributed by atoms with Gasteiger partial charge in [-0.2, -0.15) is 0 Å². The molecule has 3 nitrogen and oxygen atoms in total. The first-order chi connectivity index (χ1) is 10.2. The molecule has 0 fully saturated rings. The fraction of sp³-hybridized carbons (Fsp3) is 0.167. The molecule has 3 aromatic carbocycles. The van der Waals surface area contributed by atoms with Crippen molar-refractivity contribution in [1.82, 2.24) is 0 Å². The van der Waals surface area contributed by atoms with Crippen molar-refractivity contribution in [2.45, 2.75) is 12.5 Å². The lowest BCUT2D eigenvalue weighted by Gasteiger charge is -2.13. The van der Waals surface area contributed by atoms with Crippen LogP contribution >= 0.6 is 0 Å². The minimum atomic E-state index is -0.399. The highest BCUT2D eigenvalue weighted by atomic mass is 35.5. The maximum Gasteiger partial charge on any atom is 0.364 e. The van der Waals surface area contributed by atoms with Crippen LogP contribution in [-0.4, -0.2) is 19.1 Å². The Bertz CT molecular complexity index is 762. The number of halogens is 1. The molecule has 0 heterocycles. The molecule has 114 valence electrons. The zero-order valence-electron chi connectivity index (χ0n) is 12.4. The highest BCUT2D eigenvalue weighted by Crippen LogP contribution is 2.29. The van der Waals surface area contributed by atoms with E-state index in [9.17, 15) is 4.79 Å². The molecule has 0 aliphatic rings. The Balaban J connectivity index is 0.00000176. The van der Waals surface area contributed by atoms with E-state index in [1.54, 1.807) is 0 Å². The predicted octanol–water partition coefficient (Wildman–Crippen LogP) is -0.677. The average molecular weight is 316 g/mol. The first kappa shape index (κ1) is 16.3. The van der Waals surface area contributed by atoms with Crippen molar-refractivity contribution in [3.63, 3.8) is 0 Å². The molecule has 22 heavy (non-hydrogen) atoms. The van der Waals surface area contributed by atoms with Crippen LogP contribution in [0.1, 0.15) is 5.56 Å². The Hall–Kier alpha value is -2.10. The van der Waals surface area contributed by atoms with E-state index in [0.717, 1.165) is 5.56 Å². The van der Waals surface area contributed by atoms with E-state index in [1.165, 1.54) is 28.7 Å². The number of methoxy groups -OCH3 is 1. The number of hydrogen-bond donors (Lipinski definition) is 1. The maximum atomic E-state index is 11.7. The summed E-state index contributed by atoms with van der Waals surface area (Å²) in [5, 5.41) is 4.72. The molecule has 0 unspecified atom stereocenters. The van der Waals surface area contributed by atoms with Crippen LogP contribution in [0.2, 0.25) is 0 Å². The van der Waals surface area contributed by atoms with Crippen LogP contribution < -0.4 is 18.1 Å². The zero-order valence-corrected chi connectivity index (χ0v) is 13.1. The minimum Gasteiger partial charge on any atom is -1.00 e. The number of hydrogen-bond acceptors (Lipinski definition) is 2. The molecule has 0 spiro atoms. The fourth-order valence-corrected chi connectivity index (χ4v) is 2.82. The van der Waals surface area contributed by atoms with Crippen molar-refractivity contribution in [2.75, 3.05) is 7.11 Å². The minimum absolute atomic E-state index is 0. The van der Waals surface area contributed by atoms with Crippen LogP contribution in [0.5, 0.6) is 0 Å². The van der Waals surface area contributed by atoms with E-state index in [1.807, 2.05) is 24.3 Å². The summed E-state index contributed by atoms with van der Waals surface area (Å²) in [4.78, 5) is 11.7. The Morgan fingerprint density at radius 3 is 2.05 bits per heavy atom. The third-order valence-electron chi connectivity index (χ3n) is 3.87. The first-order valence-corrected chi connectivity index (χ1v) is 7.01. The SMILES string of the molecule is COC(=O)[C@H]([NH3+])Cc1c2ccccc2cc2ccccc12.[Cl-]. The lowest BCUT2D eigenvalue weighted by molar-refractivity contribution is -0.407. The van der Waals surface area contributed by atoms with Gasteiger partial charge in [0, 0.05) is 6.42 Å². The molecule has 0 saturated heterocycles. The van der Waals surface area contributed by atoms with Gasteiger partial charge in [0.15, 0.2) is 6.04 Å². The molecular weight excluding hydrogens is 298 g/mol. The molecular formula is C18H18ClNO2. The molecule has 3 rings (SSSR count). The van der Waals surface area contributed by atoms with Gasteiger partial charge in [0.05, 0.1) is 7.11 Å². The molecule has 0 bridgehead atoms. The average Bonchev–Trinajstić information content (AvgIpc) is 2.53. The molecule has 0 saturated carbocycles. The van der Waals surface area contributed by atoms with Crippen molar-refractivity contribution in [2.24, 2.45) is 0 Å². The summed E-state index contributed by atoms with van der Waals surface area (Å²) in [5.41, 5.74) is 5.10. The lowest BCUT2D eigenvalue weighted by Crippen LogP contribution is -3.00. The standard InChI is InChI=1S/C18H17NO2.ClH/c1-21-18(20)17(19)11-16-14-8-4-2-6-12(14)10-13-7-3-5-9-15(13)16;/h2-10,17H,11,19H2,1H3;1H/t17-;/m1./s1. The highest BCUT2D eigenvalue weighted by Gasteiger charge is 2.20. The quantitative estimate of drug-likeness (QED) is 0.514. The van der Waals surface area contributed by atoms with E-state index in [0.29, 0.717) is 6.42 Å². The van der Waals surface area contributed by atoms with E-state index in [-0.39, 0.29) is 18.4 Å². The van der Waals surface area contributed by atoms with Gasteiger partial charge in [-0.15, -0.1) is 0 Å². The fourth-order valence-electron chi connectivity index (χ4n) is 2.82. The topological polar surface area (TPSA) is 53.9 Å². The monoisotopic (exact) mass is 315 g/mol. The smallest absolute Gasteiger partial charge is 0.364 e. The van der Waals surface area contributed by atoms with Crippen molar-refractivity contribution in [1.29, 1.82) is 0 Å². The normalized spacial score (nSPS) is 11.9. The second kappa shape index (κ2) is 6.77. The molecule has 0 aliphatic heterocycles. The van der Waals surface area contributed by atoms with Gasteiger partial charge in [-0.05, 0) is 33.2 Å². The van der Waals surface area contributed by atoms with Crippen molar-refractivity contribution >= 4 is 27.5 Å². The summed E-state index contributed by atoms with van der Waals surface area (Å²) in [6, 6.07) is 18.3. The van der Waals surface area contributed by atoms with Crippen molar-refractivity contribution < 1.29 is 27.7 Å². The zero-order chi connectivity index (χ0) is 14.8. The summed E-state index contributed by atoms with van der Waals surface area (Å²) in [6.45, 7) is 0. The summed E-state index contributed by atoms with van der Waals surface area (Å²) < 4.78 is 4.81. The van der Waals surface area contributed by atoms with Crippen molar-refractivity contribution in [3.8, 4) is 0 Å². The van der Waals surface area contributed by atoms with Crippen LogP contribution in [0.15, 0.2) is 54.6 Å². The van der Waals surface area contributed by atoms with Gasteiger partial charge >= 0.3 is 5.97 Å². The van der Waals surface area contributed by atoms with Gasteiger partial charge in [-0.3, -0.25) is 0 Å².